The molecule has 0 spiro atoms. The van der Waals surface area contributed by atoms with Crippen LogP contribution in [0, 0.1) is 11.6 Å². The molecule has 0 bridgehead atoms. The van der Waals surface area contributed by atoms with Crippen molar-refractivity contribution >= 4 is 33.3 Å². The van der Waals surface area contributed by atoms with Gasteiger partial charge in [0.05, 0.1) is 26.7 Å². The van der Waals surface area contributed by atoms with Gasteiger partial charge in [0.2, 0.25) is 10.0 Å². The van der Waals surface area contributed by atoms with Crippen molar-refractivity contribution in [2.75, 3.05) is 18.4 Å². The zero-order valence-electron chi connectivity index (χ0n) is 16.6. The van der Waals surface area contributed by atoms with Gasteiger partial charge in [0.15, 0.2) is 5.82 Å². The summed E-state index contributed by atoms with van der Waals surface area (Å²) in [4.78, 5) is 12.6. The molecule has 1 amide bonds. The second-order valence-corrected chi connectivity index (χ2v) is 8.79. The number of sulfonamides is 1. The number of H-pyrrole nitrogens is 1. The molecule has 2 N–H and O–H groups in total. The van der Waals surface area contributed by atoms with Gasteiger partial charge >= 0.3 is 0 Å². The van der Waals surface area contributed by atoms with E-state index >= 15 is 0 Å². The average Bonchev–Trinajstić information content (AvgIpc) is 3.16. The fraction of sp³-hybridized carbons (Fsp3) is 0.200. The van der Waals surface area contributed by atoms with Gasteiger partial charge in [-0.3, -0.25) is 9.89 Å². The van der Waals surface area contributed by atoms with Crippen LogP contribution in [-0.4, -0.2) is 41.9 Å². The normalized spacial score (nSPS) is 11.7. The Balaban J connectivity index is 1.89. The van der Waals surface area contributed by atoms with Gasteiger partial charge in [-0.1, -0.05) is 31.5 Å². The third-order valence-corrected chi connectivity index (χ3v) is 6.95. The molecule has 7 nitrogen and oxygen atoms in total. The topological polar surface area (TPSA) is 95.2 Å². The second-order valence-electron chi connectivity index (χ2n) is 6.45. The number of rotatable bonds is 7. The van der Waals surface area contributed by atoms with Crippen molar-refractivity contribution in [1.29, 1.82) is 0 Å². The van der Waals surface area contributed by atoms with Crippen LogP contribution in [0.5, 0.6) is 0 Å². The smallest absolute Gasteiger partial charge is 0.258 e. The van der Waals surface area contributed by atoms with Crippen LogP contribution in [-0.2, 0) is 10.0 Å². The number of benzene rings is 2. The number of nitrogens with zero attached hydrogens (tertiary/aromatic N) is 2. The number of carbonyl (C=O) groups is 1. The standard InChI is InChI=1S/C20H19ClF2N4O3S/c1-3-27(4-2)31(29,30)12-8-9-14(21)13(10-12)20(28)24-18-11-17(25-26-18)19-15(22)6-5-7-16(19)23/h5-11H,3-4H2,1-2H3,(H2,24,25,26,28). The van der Waals surface area contributed by atoms with Crippen LogP contribution in [0.25, 0.3) is 11.3 Å². The number of aromatic amines is 1. The summed E-state index contributed by atoms with van der Waals surface area (Å²) in [6.45, 7) is 3.95. The lowest BCUT2D eigenvalue weighted by Gasteiger charge is -2.19. The van der Waals surface area contributed by atoms with Crippen LogP contribution in [0.15, 0.2) is 47.4 Å². The van der Waals surface area contributed by atoms with E-state index in [4.69, 9.17) is 11.6 Å². The first-order chi connectivity index (χ1) is 14.7. The SMILES string of the molecule is CCN(CC)S(=O)(=O)c1ccc(Cl)c(C(=O)Nc2cc(-c3c(F)cccc3F)[nH]n2)c1. The van der Waals surface area contributed by atoms with Crippen LogP contribution in [0.2, 0.25) is 5.02 Å². The molecule has 0 atom stereocenters. The van der Waals surface area contributed by atoms with E-state index in [1.54, 1.807) is 13.8 Å². The Hall–Kier alpha value is -2.82. The molecule has 11 heteroatoms. The van der Waals surface area contributed by atoms with E-state index in [9.17, 15) is 22.0 Å². The number of aromatic nitrogens is 2. The van der Waals surface area contributed by atoms with E-state index < -0.39 is 27.6 Å². The van der Waals surface area contributed by atoms with E-state index in [1.165, 1.54) is 34.6 Å². The maximum absolute atomic E-state index is 14.0. The van der Waals surface area contributed by atoms with Crippen LogP contribution in [0.3, 0.4) is 0 Å². The Morgan fingerprint density at radius 1 is 1.13 bits per heavy atom. The molecule has 164 valence electrons. The molecule has 0 radical (unpaired) electrons. The first-order valence-corrected chi connectivity index (χ1v) is 11.1. The Bertz CT molecular complexity index is 1210. The number of hydrogen-bond donors (Lipinski definition) is 2. The second kappa shape index (κ2) is 9.13. The van der Waals surface area contributed by atoms with Crippen LogP contribution in [0.4, 0.5) is 14.6 Å². The first-order valence-electron chi connectivity index (χ1n) is 9.29. The minimum atomic E-state index is -3.80. The zero-order valence-corrected chi connectivity index (χ0v) is 18.2. The Kier molecular flexibility index (Phi) is 6.73. The maximum Gasteiger partial charge on any atom is 0.258 e. The third kappa shape index (κ3) is 4.60. The molecule has 3 aromatic rings. The molecule has 0 unspecified atom stereocenters. The lowest BCUT2D eigenvalue weighted by atomic mass is 10.1. The lowest BCUT2D eigenvalue weighted by Crippen LogP contribution is -2.30. The van der Waals surface area contributed by atoms with Gasteiger partial charge in [-0.05, 0) is 30.3 Å². The van der Waals surface area contributed by atoms with Crippen molar-refractivity contribution in [2.24, 2.45) is 0 Å². The number of hydrogen-bond acceptors (Lipinski definition) is 4. The summed E-state index contributed by atoms with van der Waals surface area (Å²) in [5, 5.41) is 8.78. The molecule has 31 heavy (non-hydrogen) atoms. The highest BCUT2D eigenvalue weighted by molar-refractivity contribution is 7.89. The lowest BCUT2D eigenvalue weighted by molar-refractivity contribution is 0.102. The summed E-state index contributed by atoms with van der Waals surface area (Å²) >= 11 is 6.10. The fourth-order valence-corrected chi connectivity index (χ4v) is 4.69. The highest BCUT2D eigenvalue weighted by atomic mass is 35.5. The number of nitrogens with one attached hydrogen (secondary N) is 2. The Morgan fingerprint density at radius 3 is 2.39 bits per heavy atom. The molecule has 2 aromatic carbocycles. The minimum absolute atomic E-state index is 0.0178. The Labute approximate surface area is 183 Å². The summed E-state index contributed by atoms with van der Waals surface area (Å²) < 4.78 is 54.6. The molecule has 0 saturated heterocycles. The molecule has 0 saturated carbocycles. The molecular formula is C20H19ClF2N4O3S. The first kappa shape index (κ1) is 22.9. The average molecular weight is 469 g/mol. The highest BCUT2D eigenvalue weighted by Crippen LogP contribution is 2.27. The van der Waals surface area contributed by atoms with E-state index in [-0.39, 0.29) is 45.6 Å². The van der Waals surface area contributed by atoms with E-state index in [2.05, 4.69) is 15.5 Å². The number of halogens is 3. The largest absolute Gasteiger partial charge is 0.305 e. The molecule has 0 aliphatic rings. The van der Waals surface area contributed by atoms with Crippen LogP contribution >= 0.6 is 11.6 Å². The summed E-state index contributed by atoms with van der Waals surface area (Å²) in [5.74, 6) is -2.33. The van der Waals surface area contributed by atoms with Crippen LogP contribution < -0.4 is 5.32 Å². The number of carbonyl (C=O) groups excluding carboxylic acids is 1. The van der Waals surface area contributed by atoms with Crippen molar-refractivity contribution in [3.63, 3.8) is 0 Å². The van der Waals surface area contributed by atoms with Crippen molar-refractivity contribution in [2.45, 2.75) is 18.7 Å². The predicted molar refractivity (Wildman–Crippen MR) is 113 cm³/mol. The van der Waals surface area contributed by atoms with Gasteiger partial charge in [-0.2, -0.15) is 9.40 Å². The van der Waals surface area contributed by atoms with Gasteiger partial charge in [-0.25, -0.2) is 17.2 Å². The minimum Gasteiger partial charge on any atom is -0.305 e. The van der Waals surface area contributed by atoms with Crippen molar-refractivity contribution < 1.29 is 22.0 Å². The van der Waals surface area contributed by atoms with Gasteiger partial charge in [-0.15, -0.1) is 0 Å². The van der Waals surface area contributed by atoms with Gasteiger partial charge in [0, 0.05) is 19.2 Å². The van der Waals surface area contributed by atoms with Gasteiger partial charge in [0.1, 0.15) is 11.6 Å². The summed E-state index contributed by atoms with van der Waals surface area (Å²) in [6, 6.07) is 8.49. The van der Waals surface area contributed by atoms with E-state index in [1.807, 2.05) is 0 Å². The molecule has 1 aromatic heterocycles. The van der Waals surface area contributed by atoms with E-state index in [0.717, 1.165) is 12.1 Å². The fourth-order valence-electron chi connectivity index (χ4n) is 3.00. The zero-order chi connectivity index (χ0) is 22.8. The van der Waals surface area contributed by atoms with E-state index in [0.29, 0.717) is 0 Å². The van der Waals surface area contributed by atoms with Crippen molar-refractivity contribution in [3.8, 4) is 11.3 Å². The molecule has 0 fully saturated rings. The van der Waals surface area contributed by atoms with Crippen LogP contribution in [0.1, 0.15) is 24.2 Å². The summed E-state index contributed by atoms with van der Waals surface area (Å²) in [5.41, 5.74) is -0.382. The molecule has 0 aliphatic heterocycles. The van der Waals surface area contributed by atoms with Gasteiger partial charge in [0.25, 0.3) is 5.91 Å². The number of amides is 1. The highest BCUT2D eigenvalue weighted by Gasteiger charge is 2.24. The van der Waals surface area contributed by atoms with Gasteiger partial charge < -0.3 is 5.32 Å². The maximum atomic E-state index is 14.0. The number of anilines is 1. The predicted octanol–water partition coefficient (Wildman–Crippen LogP) is 4.29. The Morgan fingerprint density at radius 2 is 1.77 bits per heavy atom. The summed E-state index contributed by atoms with van der Waals surface area (Å²) in [6.07, 6.45) is 0. The molecular weight excluding hydrogens is 450 g/mol. The summed E-state index contributed by atoms with van der Waals surface area (Å²) in [7, 11) is -3.80. The molecule has 3 rings (SSSR count). The quantitative estimate of drug-likeness (QED) is 0.540. The molecule has 1 heterocycles. The monoisotopic (exact) mass is 468 g/mol. The molecule has 0 aliphatic carbocycles. The van der Waals surface area contributed by atoms with Crippen molar-refractivity contribution in [1.82, 2.24) is 14.5 Å². The third-order valence-electron chi connectivity index (χ3n) is 4.58. The van der Waals surface area contributed by atoms with Crippen molar-refractivity contribution in [3.05, 3.63) is 64.7 Å².